The number of rotatable bonds is 9. The molecule has 0 saturated carbocycles. The highest BCUT2D eigenvalue weighted by atomic mass is 16.5. The highest BCUT2D eigenvalue weighted by Crippen LogP contribution is 2.34. The number of amides is 1. The van der Waals surface area contributed by atoms with Crippen molar-refractivity contribution < 1.29 is 14.3 Å². The molecule has 1 heterocycles. The number of carbonyl (C=O) groups excluding carboxylic acids is 1. The lowest BCUT2D eigenvalue weighted by atomic mass is 10.1. The molecule has 6 heteroatoms. The minimum Gasteiger partial charge on any atom is -0.489 e. The van der Waals surface area contributed by atoms with Crippen LogP contribution < -0.4 is 14.8 Å². The fourth-order valence-electron chi connectivity index (χ4n) is 4.50. The maximum atomic E-state index is 13.1. The van der Waals surface area contributed by atoms with Gasteiger partial charge in [0.05, 0.1) is 5.69 Å². The van der Waals surface area contributed by atoms with E-state index in [1.807, 2.05) is 121 Å². The lowest BCUT2D eigenvalue weighted by Crippen LogP contribution is -2.12. The van der Waals surface area contributed by atoms with Crippen LogP contribution in [0.2, 0.25) is 0 Å². The summed E-state index contributed by atoms with van der Waals surface area (Å²) < 4.78 is 12.3. The van der Waals surface area contributed by atoms with Gasteiger partial charge in [-0.05, 0) is 40.8 Å². The molecule has 0 saturated heterocycles. The van der Waals surface area contributed by atoms with Gasteiger partial charge in [0.2, 0.25) is 0 Å². The van der Waals surface area contributed by atoms with Gasteiger partial charge in [-0.15, -0.1) is 0 Å². The van der Waals surface area contributed by atoms with Gasteiger partial charge in [0, 0.05) is 22.7 Å². The highest BCUT2D eigenvalue weighted by molar-refractivity contribution is 6.08. The summed E-state index contributed by atoms with van der Waals surface area (Å²) in [6.07, 6.45) is 0. The van der Waals surface area contributed by atoms with Crippen LogP contribution in [0.25, 0.3) is 22.0 Å². The number of anilines is 1. The third kappa shape index (κ3) is 5.71. The zero-order chi connectivity index (χ0) is 27.1. The summed E-state index contributed by atoms with van der Waals surface area (Å²) >= 11 is 0. The standard InChI is InChI=1S/C34H27N3O3/c38-34(35-30-17-9-15-26-14-7-8-16-28(26)30)32-21-31(36-37-32)29-19-18-27(39-22-24-10-3-1-4-11-24)20-33(29)40-23-25-12-5-2-6-13-25/h1-21H,22-23H2,(H,35,38)(H,36,37). The third-order valence-electron chi connectivity index (χ3n) is 6.57. The molecule has 1 aromatic heterocycles. The Morgan fingerprint density at radius 2 is 1.38 bits per heavy atom. The van der Waals surface area contributed by atoms with Crippen molar-refractivity contribution in [2.24, 2.45) is 0 Å². The van der Waals surface area contributed by atoms with Crippen molar-refractivity contribution in [3.05, 3.63) is 144 Å². The van der Waals surface area contributed by atoms with E-state index in [-0.39, 0.29) is 5.91 Å². The van der Waals surface area contributed by atoms with Gasteiger partial charge in [-0.2, -0.15) is 5.10 Å². The van der Waals surface area contributed by atoms with E-state index < -0.39 is 0 Å². The molecule has 0 unspecified atom stereocenters. The quantitative estimate of drug-likeness (QED) is 0.203. The fraction of sp³-hybridized carbons (Fsp3) is 0.0588. The molecule has 0 aliphatic carbocycles. The number of benzene rings is 5. The number of aromatic amines is 1. The van der Waals surface area contributed by atoms with Crippen molar-refractivity contribution >= 4 is 22.4 Å². The summed E-state index contributed by atoms with van der Waals surface area (Å²) in [5, 5.41) is 12.4. The maximum Gasteiger partial charge on any atom is 0.273 e. The van der Waals surface area contributed by atoms with E-state index in [1.54, 1.807) is 6.07 Å². The number of hydrogen-bond donors (Lipinski definition) is 2. The third-order valence-corrected chi connectivity index (χ3v) is 6.57. The van der Waals surface area contributed by atoms with Gasteiger partial charge < -0.3 is 14.8 Å². The number of fused-ring (bicyclic) bond motifs is 1. The number of nitrogens with zero attached hydrogens (tertiary/aromatic N) is 1. The minimum atomic E-state index is -0.273. The van der Waals surface area contributed by atoms with Crippen LogP contribution in [0.5, 0.6) is 11.5 Å². The van der Waals surface area contributed by atoms with Crippen LogP contribution in [-0.2, 0) is 13.2 Å². The van der Waals surface area contributed by atoms with Crippen LogP contribution in [0.3, 0.4) is 0 Å². The Morgan fingerprint density at radius 3 is 2.15 bits per heavy atom. The van der Waals surface area contributed by atoms with Crippen molar-refractivity contribution in [3.63, 3.8) is 0 Å². The molecule has 2 N–H and O–H groups in total. The molecule has 0 aliphatic rings. The van der Waals surface area contributed by atoms with Crippen LogP contribution in [0, 0.1) is 0 Å². The summed E-state index contributed by atoms with van der Waals surface area (Å²) in [5.74, 6) is 1.02. The van der Waals surface area contributed by atoms with Gasteiger partial charge in [0.1, 0.15) is 30.4 Å². The fourth-order valence-corrected chi connectivity index (χ4v) is 4.50. The van der Waals surface area contributed by atoms with Gasteiger partial charge in [0.15, 0.2) is 0 Å². The number of ether oxygens (including phenoxy) is 2. The molecule has 40 heavy (non-hydrogen) atoms. The molecule has 0 atom stereocenters. The van der Waals surface area contributed by atoms with Crippen molar-refractivity contribution in [2.75, 3.05) is 5.32 Å². The van der Waals surface area contributed by atoms with E-state index in [9.17, 15) is 4.79 Å². The normalized spacial score (nSPS) is 10.8. The number of H-pyrrole nitrogens is 1. The SMILES string of the molecule is O=C(Nc1cccc2ccccc12)c1cc(-c2ccc(OCc3ccccc3)cc2OCc2ccccc2)n[nH]1. The van der Waals surface area contributed by atoms with Crippen LogP contribution >= 0.6 is 0 Å². The average Bonchev–Trinajstić information content (AvgIpc) is 3.51. The summed E-state index contributed by atoms with van der Waals surface area (Å²) in [6, 6.07) is 41.1. The number of aromatic nitrogens is 2. The molecule has 0 aliphatic heterocycles. The molecular weight excluding hydrogens is 498 g/mol. The Kier molecular flexibility index (Phi) is 7.22. The zero-order valence-corrected chi connectivity index (χ0v) is 21.7. The van der Waals surface area contributed by atoms with E-state index >= 15 is 0 Å². The van der Waals surface area contributed by atoms with Gasteiger partial charge in [0.25, 0.3) is 5.91 Å². The first-order valence-corrected chi connectivity index (χ1v) is 13.1. The van der Waals surface area contributed by atoms with Crippen LogP contribution in [0.4, 0.5) is 5.69 Å². The Hall–Kier alpha value is -5.36. The van der Waals surface area contributed by atoms with E-state index in [1.165, 1.54) is 0 Å². The Morgan fingerprint density at radius 1 is 0.700 bits per heavy atom. The van der Waals surface area contributed by atoms with E-state index in [2.05, 4.69) is 15.5 Å². The molecule has 0 radical (unpaired) electrons. The molecule has 196 valence electrons. The Labute approximate surface area is 232 Å². The van der Waals surface area contributed by atoms with Gasteiger partial charge in [-0.3, -0.25) is 9.89 Å². The van der Waals surface area contributed by atoms with Crippen molar-refractivity contribution in [1.82, 2.24) is 10.2 Å². The summed E-state index contributed by atoms with van der Waals surface area (Å²) in [7, 11) is 0. The molecule has 1 amide bonds. The Balaban J connectivity index is 1.25. The second-order valence-corrected chi connectivity index (χ2v) is 9.35. The lowest BCUT2D eigenvalue weighted by Gasteiger charge is -2.13. The second kappa shape index (κ2) is 11.6. The van der Waals surface area contributed by atoms with Crippen LogP contribution in [-0.4, -0.2) is 16.1 Å². The first-order chi connectivity index (χ1) is 19.7. The first-order valence-electron chi connectivity index (χ1n) is 13.1. The first kappa shape index (κ1) is 24.9. The van der Waals surface area contributed by atoms with E-state index in [0.717, 1.165) is 33.2 Å². The zero-order valence-electron chi connectivity index (χ0n) is 21.7. The number of nitrogens with one attached hydrogen (secondary N) is 2. The smallest absolute Gasteiger partial charge is 0.273 e. The van der Waals surface area contributed by atoms with Crippen molar-refractivity contribution in [3.8, 4) is 22.8 Å². The van der Waals surface area contributed by atoms with Crippen molar-refractivity contribution in [2.45, 2.75) is 13.2 Å². The summed E-state index contributed by atoms with van der Waals surface area (Å²) in [4.78, 5) is 13.1. The van der Waals surface area contributed by atoms with Crippen molar-refractivity contribution in [1.29, 1.82) is 0 Å². The number of hydrogen-bond acceptors (Lipinski definition) is 4. The second-order valence-electron chi connectivity index (χ2n) is 9.35. The molecule has 6 aromatic rings. The molecule has 5 aromatic carbocycles. The molecule has 6 rings (SSSR count). The monoisotopic (exact) mass is 525 g/mol. The van der Waals surface area contributed by atoms with Crippen LogP contribution in [0.1, 0.15) is 21.6 Å². The average molecular weight is 526 g/mol. The molecule has 0 bridgehead atoms. The molecule has 0 fully saturated rings. The van der Waals surface area contributed by atoms with Gasteiger partial charge >= 0.3 is 0 Å². The lowest BCUT2D eigenvalue weighted by molar-refractivity contribution is 0.102. The molecule has 0 spiro atoms. The molecule has 6 nitrogen and oxygen atoms in total. The largest absolute Gasteiger partial charge is 0.489 e. The van der Waals surface area contributed by atoms with Gasteiger partial charge in [-0.25, -0.2) is 0 Å². The van der Waals surface area contributed by atoms with E-state index in [4.69, 9.17) is 9.47 Å². The summed E-state index contributed by atoms with van der Waals surface area (Å²) in [6.45, 7) is 0.827. The van der Waals surface area contributed by atoms with Crippen LogP contribution in [0.15, 0.2) is 127 Å². The maximum absolute atomic E-state index is 13.1. The Bertz CT molecular complexity index is 1740. The number of carbonyl (C=O) groups is 1. The molecular formula is C34H27N3O3. The minimum absolute atomic E-state index is 0.273. The topological polar surface area (TPSA) is 76.2 Å². The highest BCUT2D eigenvalue weighted by Gasteiger charge is 2.16. The van der Waals surface area contributed by atoms with E-state index in [0.29, 0.717) is 36.1 Å². The van der Waals surface area contributed by atoms with Gasteiger partial charge in [-0.1, -0.05) is 97.1 Å². The summed E-state index contributed by atoms with van der Waals surface area (Å²) in [5.41, 5.74) is 4.56. The predicted molar refractivity (Wildman–Crippen MR) is 157 cm³/mol. The predicted octanol–water partition coefficient (Wildman–Crippen LogP) is 7.64.